The summed E-state index contributed by atoms with van der Waals surface area (Å²) >= 11 is 0. The van der Waals surface area contributed by atoms with Crippen molar-refractivity contribution in [3.8, 4) is 0 Å². The Balaban J connectivity index is 2.62. The molecule has 0 N–H and O–H groups in total. The van der Waals surface area contributed by atoms with E-state index in [1.54, 1.807) is 0 Å². The van der Waals surface area contributed by atoms with Gasteiger partial charge in [-0.25, -0.2) is 8.78 Å². The molecule has 1 saturated heterocycles. The maximum absolute atomic E-state index is 12.6. The summed E-state index contributed by atoms with van der Waals surface area (Å²) in [5.74, 6) is -2.78. The van der Waals surface area contributed by atoms with Gasteiger partial charge in [-0.05, 0) is 13.3 Å². The van der Waals surface area contributed by atoms with Gasteiger partial charge in [-0.1, -0.05) is 0 Å². The molecule has 12 heavy (non-hydrogen) atoms. The summed E-state index contributed by atoms with van der Waals surface area (Å²) in [5, 5.41) is 0. The van der Waals surface area contributed by atoms with Crippen LogP contribution in [0.3, 0.4) is 0 Å². The van der Waals surface area contributed by atoms with Gasteiger partial charge in [-0.2, -0.15) is 0 Å². The minimum atomic E-state index is -2.78. The molecular formula is C8H12F2O2. The summed E-state index contributed by atoms with van der Waals surface area (Å²) in [7, 11) is 0. The van der Waals surface area contributed by atoms with E-state index in [1.165, 1.54) is 0 Å². The SMILES string of the molecule is CC(F)(F)CC1(C=O)CCOC1. The quantitative estimate of drug-likeness (QED) is 0.614. The van der Waals surface area contributed by atoms with Crippen molar-refractivity contribution < 1.29 is 18.3 Å². The number of carbonyl (C=O) groups excluding carboxylic acids is 1. The van der Waals surface area contributed by atoms with Crippen molar-refractivity contribution >= 4 is 6.29 Å². The minimum absolute atomic E-state index is 0.139. The summed E-state index contributed by atoms with van der Waals surface area (Å²) in [4.78, 5) is 10.6. The average Bonchev–Trinajstić information content (AvgIpc) is 2.34. The first-order chi connectivity index (χ1) is 5.47. The summed E-state index contributed by atoms with van der Waals surface area (Å²) < 4.78 is 30.1. The van der Waals surface area contributed by atoms with Crippen molar-refractivity contribution in [1.29, 1.82) is 0 Å². The Morgan fingerprint density at radius 2 is 2.33 bits per heavy atom. The van der Waals surface area contributed by atoms with E-state index in [0.29, 0.717) is 19.3 Å². The van der Waals surface area contributed by atoms with Gasteiger partial charge >= 0.3 is 0 Å². The van der Waals surface area contributed by atoms with Gasteiger partial charge < -0.3 is 9.53 Å². The Morgan fingerprint density at radius 3 is 2.67 bits per heavy atom. The van der Waals surface area contributed by atoms with Gasteiger partial charge in [0.15, 0.2) is 0 Å². The second-order valence-corrected chi connectivity index (χ2v) is 3.53. The van der Waals surface area contributed by atoms with Crippen molar-refractivity contribution in [3.63, 3.8) is 0 Å². The smallest absolute Gasteiger partial charge is 0.246 e. The number of hydrogen-bond donors (Lipinski definition) is 0. The van der Waals surface area contributed by atoms with E-state index < -0.39 is 17.8 Å². The van der Waals surface area contributed by atoms with Crippen LogP contribution in [-0.4, -0.2) is 25.4 Å². The Kier molecular flexibility index (Phi) is 2.46. The lowest BCUT2D eigenvalue weighted by atomic mass is 9.83. The average molecular weight is 178 g/mol. The molecule has 0 spiro atoms. The molecule has 0 bridgehead atoms. The largest absolute Gasteiger partial charge is 0.380 e. The van der Waals surface area contributed by atoms with Crippen LogP contribution in [0.1, 0.15) is 19.8 Å². The summed E-state index contributed by atoms with van der Waals surface area (Å²) in [6.07, 6.45) is 0.626. The molecule has 0 aromatic heterocycles. The van der Waals surface area contributed by atoms with E-state index in [0.717, 1.165) is 6.92 Å². The lowest BCUT2D eigenvalue weighted by Gasteiger charge is -2.23. The molecule has 1 heterocycles. The van der Waals surface area contributed by atoms with Gasteiger partial charge in [0.05, 0.1) is 12.0 Å². The minimum Gasteiger partial charge on any atom is -0.380 e. The van der Waals surface area contributed by atoms with Gasteiger partial charge in [0, 0.05) is 13.0 Å². The highest BCUT2D eigenvalue weighted by Gasteiger charge is 2.42. The van der Waals surface area contributed by atoms with Crippen LogP contribution < -0.4 is 0 Å². The molecule has 0 aromatic carbocycles. The van der Waals surface area contributed by atoms with E-state index in [4.69, 9.17) is 4.74 Å². The second kappa shape index (κ2) is 3.09. The molecule has 1 fully saturated rings. The molecule has 1 rings (SSSR count). The molecule has 0 radical (unpaired) electrons. The standard InChI is InChI=1S/C8H12F2O2/c1-7(9,10)4-8(5-11)2-3-12-6-8/h5H,2-4,6H2,1H3. The van der Waals surface area contributed by atoms with Gasteiger partial charge in [-0.3, -0.25) is 0 Å². The van der Waals surface area contributed by atoms with Gasteiger partial charge in [0.1, 0.15) is 6.29 Å². The highest BCUT2D eigenvalue weighted by Crippen LogP contribution is 2.37. The lowest BCUT2D eigenvalue weighted by Crippen LogP contribution is -2.30. The van der Waals surface area contributed by atoms with E-state index in [1.807, 2.05) is 0 Å². The zero-order chi connectivity index (χ0) is 9.24. The molecule has 0 aromatic rings. The fraction of sp³-hybridized carbons (Fsp3) is 0.875. The molecule has 0 aliphatic carbocycles. The summed E-state index contributed by atoms with van der Waals surface area (Å²) in [5.41, 5.74) is -0.932. The van der Waals surface area contributed by atoms with Crippen LogP contribution in [0.5, 0.6) is 0 Å². The molecule has 0 saturated carbocycles. The highest BCUT2D eigenvalue weighted by molar-refractivity contribution is 5.60. The molecular weight excluding hydrogens is 166 g/mol. The van der Waals surface area contributed by atoms with E-state index in [9.17, 15) is 13.6 Å². The van der Waals surface area contributed by atoms with Crippen LogP contribution in [-0.2, 0) is 9.53 Å². The molecule has 1 atom stereocenters. The number of carbonyl (C=O) groups is 1. The Bertz CT molecular complexity index is 168. The maximum atomic E-state index is 12.6. The maximum Gasteiger partial charge on any atom is 0.246 e. The number of aldehydes is 1. The molecule has 4 heteroatoms. The van der Waals surface area contributed by atoms with Gasteiger partial charge in [0.25, 0.3) is 0 Å². The summed E-state index contributed by atoms with van der Waals surface area (Å²) in [6.45, 7) is 1.38. The Labute approximate surface area is 69.9 Å². The first-order valence-electron chi connectivity index (χ1n) is 3.89. The fourth-order valence-electron chi connectivity index (χ4n) is 1.52. The predicted molar refractivity (Wildman–Crippen MR) is 39.2 cm³/mol. The summed E-state index contributed by atoms with van der Waals surface area (Å²) in [6, 6.07) is 0. The van der Waals surface area contributed by atoms with Crippen LogP contribution >= 0.6 is 0 Å². The van der Waals surface area contributed by atoms with Crippen molar-refractivity contribution in [2.24, 2.45) is 5.41 Å². The topological polar surface area (TPSA) is 26.3 Å². The van der Waals surface area contributed by atoms with E-state index in [-0.39, 0.29) is 6.61 Å². The van der Waals surface area contributed by atoms with Crippen molar-refractivity contribution in [1.82, 2.24) is 0 Å². The number of alkyl halides is 2. The molecule has 1 aliphatic heterocycles. The third-order valence-corrected chi connectivity index (χ3v) is 2.05. The number of rotatable bonds is 3. The third-order valence-electron chi connectivity index (χ3n) is 2.05. The van der Waals surface area contributed by atoms with Crippen LogP contribution in [0, 0.1) is 5.41 Å². The van der Waals surface area contributed by atoms with Crippen molar-refractivity contribution in [3.05, 3.63) is 0 Å². The number of halogens is 2. The molecule has 70 valence electrons. The number of ether oxygens (including phenoxy) is 1. The third kappa shape index (κ3) is 2.24. The Morgan fingerprint density at radius 1 is 1.67 bits per heavy atom. The molecule has 2 nitrogen and oxygen atoms in total. The first-order valence-corrected chi connectivity index (χ1v) is 3.89. The van der Waals surface area contributed by atoms with Crippen LogP contribution in [0.4, 0.5) is 8.78 Å². The normalized spacial score (nSPS) is 30.6. The zero-order valence-electron chi connectivity index (χ0n) is 6.98. The fourth-order valence-corrected chi connectivity index (χ4v) is 1.52. The monoisotopic (exact) mass is 178 g/mol. The lowest BCUT2D eigenvalue weighted by molar-refractivity contribution is -0.121. The molecule has 1 unspecified atom stereocenters. The highest BCUT2D eigenvalue weighted by atomic mass is 19.3. The van der Waals surface area contributed by atoms with Gasteiger partial charge in [0.2, 0.25) is 5.92 Å². The van der Waals surface area contributed by atoms with Crippen molar-refractivity contribution in [2.75, 3.05) is 13.2 Å². The number of hydrogen-bond acceptors (Lipinski definition) is 2. The zero-order valence-corrected chi connectivity index (χ0v) is 6.98. The van der Waals surface area contributed by atoms with Crippen LogP contribution in [0.25, 0.3) is 0 Å². The van der Waals surface area contributed by atoms with Crippen molar-refractivity contribution in [2.45, 2.75) is 25.7 Å². The van der Waals surface area contributed by atoms with Crippen LogP contribution in [0.2, 0.25) is 0 Å². The van der Waals surface area contributed by atoms with Crippen LogP contribution in [0.15, 0.2) is 0 Å². The second-order valence-electron chi connectivity index (χ2n) is 3.53. The van der Waals surface area contributed by atoms with Gasteiger partial charge in [-0.15, -0.1) is 0 Å². The predicted octanol–water partition coefficient (Wildman–Crippen LogP) is 1.64. The molecule has 0 amide bonds. The van der Waals surface area contributed by atoms with E-state index in [2.05, 4.69) is 0 Å². The first kappa shape index (κ1) is 9.58. The molecule has 1 aliphatic rings. The Hall–Kier alpha value is -0.510. The van der Waals surface area contributed by atoms with E-state index >= 15 is 0 Å².